The summed E-state index contributed by atoms with van der Waals surface area (Å²) < 4.78 is 0. The maximum Gasteiger partial charge on any atom is 0.0931 e. The van der Waals surface area contributed by atoms with Crippen LogP contribution in [0.2, 0.25) is 5.02 Å². The second-order valence-corrected chi connectivity index (χ2v) is 2.50. The number of fused-ring (bicyclic) bond motifs is 1. The molecule has 0 aliphatic heterocycles. The maximum absolute atomic E-state index is 5.73. The van der Waals surface area contributed by atoms with Crippen LogP contribution in [-0.2, 0) is 0 Å². The zero-order valence-electron chi connectivity index (χ0n) is 5.13. The van der Waals surface area contributed by atoms with Gasteiger partial charge < -0.3 is 4.98 Å². The molecule has 1 heterocycles. The van der Waals surface area contributed by atoms with Gasteiger partial charge in [0.05, 0.1) is 17.4 Å². The first-order chi connectivity index (χ1) is 4.86. The largest absolute Gasteiger partial charge is 0.345 e. The van der Waals surface area contributed by atoms with Crippen LogP contribution in [0.5, 0.6) is 0 Å². The molecular weight excluding hydrogens is 160 g/mol. The van der Waals surface area contributed by atoms with E-state index in [2.05, 4.69) is 9.97 Å². The highest BCUT2D eigenvalue weighted by Crippen LogP contribution is 2.14. The standard InChI is InChI=1S/C7H5ClN2.CH4/c8-5-1-2-6-7(3-5)10-4-9-6;/h1-4H,(H,9,10);1H4. The van der Waals surface area contributed by atoms with Crippen LogP contribution >= 0.6 is 11.6 Å². The molecule has 1 aromatic carbocycles. The number of imidazole rings is 1. The number of rotatable bonds is 0. The van der Waals surface area contributed by atoms with Crippen molar-refractivity contribution in [3.05, 3.63) is 29.5 Å². The van der Waals surface area contributed by atoms with Gasteiger partial charge in [0, 0.05) is 5.02 Å². The van der Waals surface area contributed by atoms with E-state index in [1.165, 1.54) is 0 Å². The minimum Gasteiger partial charge on any atom is -0.345 e. The Balaban J connectivity index is 0.000000605. The lowest BCUT2D eigenvalue weighted by Crippen LogP contribution is -1.67. The molecule has 0 unspecified atom stereocenters. The van der Waals surface area contributed by atoms with E-state index in [-0.39, 0.29) is 7.43 Å². The fourth-order valence-electron chi connectivity index (χ4n) is 0.908. The average Bonchev–Trinajstić information content (AvgIpc) is 2.33. The lowest BCUT2D eigenvalue weighted by atomic mass is 10.3. The van der Waals surface area contributed by atoms with E-state index in [1.54, 1.807) is 6.33 Å². The van der Waals surface area contributed by atoms with Crippen molar-refractivity contribution in [2.24, 2.45) is 0 Å². The van der Waals surface area contributed by atoms with E-state index >= 15 is 0 Å². The van der Waals surface area contributed by atoms with Crippen molar-refractivity contribution >= 4 is 22.6 Å². The summed E-state index contributed by atoms with van der Waals surface area (Å²) in [6, 6.07) is 5.56. The van der Waals surface area contributed by atoms with Crippen LogP contribution in [0.3, 0.4) is 0 Å². The second-order valence-electron chi connectivity index (χ2n) is 2.06. The molecule has 0 bridgehead atoms. The summed E-state index contributed by atoms with van der Waals surface area (Å²) in [6.07, 6.45) is 1.65. The third kappa shape index (κ3) is 1.35. The lowest BCUT2D eigenvalue weighted by Gasteiger charge is -1.87. The van der Waals surface area contributed by atoms with E-state index in [4.69, 9.17) is 11.6 Å². The minimum atomic E-state index is 0. The summed E-state index contributed by atoms with van der Waals surface area (Å²) >= 11 is 5.73. The number of aromatic amines is 1. The van der Waals surface area contributed by atoms with Crippen molar-refractivity contribution in [2.75, 3.05) is 0 Å². The molecular formula is C8H9ClN2. The molecule has 0 saturated carbocycles. The summed E-state index contributed by atoms with van der Waals surface area (Å²) in [7, 11) is 0. The van der Waals surface area contributed by atoms with Crippen molar-refractivity contribution in [2.45, 2.75) is 7.43 Å². The second kappa shape index (κ2) is 2.93. The van der Waals surface area contributed by atoms with Gasteiger partial charge in [0.25, 0.3) is 0 Å². The molecule has 2 aromatic rings. The van der Waals surface area contributed by atoms with Crippen LogP contribution in [0.1, 0.15) is 7.43 Å². The zero-order valence-corrected chi connectivity index (χ0v) is 5.89. The molecule has 58 valence electrons. The van der Waals surface area contributed by atoms with Crippen molar-refractivity contribution in [1.29, 1.82) is 0 Å². The average molecular weight is 169 g/mol. The van der Waals surface area contributed by atoms with E-state index in [0.717, 1.165) is 16.1 Å². The predicted molar refractivity (Wildman–Crippen MR) is 47.8 cm³/mol. The van der Waals surface area contributed by atoms with E-state index in [0.29, 0.717) is 0 Å². The summed E-state index contributed by atoms with van der Waals surface area (Å²) in [5.74, 6) is 0. The molecule has 1 N–H and O–H groups in total. The van der Waals surface area contributed by atoms with Crippen molar-refractivity contribution < 1.29 is 0 Å². The van der Waals surface area contributed by atoms with Gasteiger partial charge in [-0.3, -0.25) is 0 Å². The number of nitrogens with zero attached hydrogens (tertiary/aromatic N) is 1. The number of aromatic nitrogens is 2. The van der Waals surface area contributed by atoms with Gasteiger partial charge in [-0.25, -0.2) is 4.98 Å². The Morgan fingerprint density at radius 3 is 3.00 bits per heavy atom. The lowest BCUT2D eigenvalue weighted by molar-refractivity contribution is 1.34. The summed E-state index contributed by atoms with van der Waals surface area (Å²) in [6.45, 7) is 0. The Morgan fingerprint density at radius 2 is 2.18 bits per heavy atom. The molecule has 0 atom stereocenters. The normalized spacial score (nSPS) is 9.55. The van der Waals surface area contributed by atoms with Gasteiger partial charge in [0.15, 0.2) is 0 Å². The van der Waals surface area contributed by atoms with Crippen molar-refractivity contribution in [3.63, 3.8) is 0 Å². The third-order valence-corrected chi connectivity index (χ3v) is 1.62. The molecule has 2 nitrogen and oxygen atoms in total. The van der Waals surface area contributed by atoms with Crippen molar-refractivity contribution in [1.82, 2.24) is 9.97 Å². The van der Waals surface area contributed by atoms with Crippen LogP contribution < -0.4 is 0 Å². The van der Waals surface area contributed by atoms with Gasteiger partial charge >= 0.3 is 0 Å². The Hall–Kier alpha value is -1.02. The summed E-state index contributed by atoms with van der Waals surface area (Å²) in [5, 5.41) is 0.733. The smallest absolute Gasteiger partial charge is 0.0931 e. The first kappa shape index (κ1) is 8.08. The molecule has 0 saturated heterocycles. The van der Waals surface area contributed by atoms with Crippen LogP contribution in [-0.4, -0.2) is 9.97 Å². The zero-order chi connectivity index (χ0) is 6.97. The van der Waals surface area contributed by atoms with Gasteiger partial charge in [0.1, 0.15) is 0 Å². The Bertz CT molecular complexity index is 354. The molecule has 0 amide bonds. The Morgan fingerprint density at radius 1 is 1.36 bits per heavy atom. The minimum absolute atomic E-state index is 0. The molecule has 0 radical (unpaired) electrons. The molecule has 1 aromatic heterocycles. The predicted octanol–water partition coefficient (Wildman–Crippen LogP) is 2.85. The van der Waals surface area contributed by atoms with E-state index < -0.39 is 0 Å². The number of hydrogen-bond donors (Lipinski definition) is 1. The summed E-state index contributed by atoms with van der Waals surface area (Å²) in [4.78, 5) is 7.01. The van der Waals surface area contributed by atoms with Gasteiger partial charge in [-0.05, 0) is 18.2 Å². The SMILES string of the molecule is C.Clc1ccc2nc[nH]c2c1. The number of halogens is 1. The van der Waals surface area contributed by atoms with Gasteiger partial charge in [-0.15, -0.1) is 0 Å². The monoisotopic (exact) mass is 168 g/mol. The maximum atomic E-state index is 5.73. The molecule has 0 fully saturated rings. The van der Waals surface area contributed by atoms with Crippen LogP contribution in [0.4, 0.5) is 0 Å². The summed E-state index contributed by atoms with van der Waals surface area (Å²) in [5.41, 5.74) is 1.93. The van der Waals surface area contributed by atoms with Crippen LogP contribution in [0.15, 0.2) is 24.5 Å². The number of nitrogens with one attached hydrogen (secondary N) is 1. The fraction of sp³-hybridized carbons (Fsp3) is 0.125. The highest BCUT2D eigenvalue weighted by Gasteiger charge is 1.93. The van der Waals surface area contributed by atoms with Crippen LogP contribution in [0.25, 0.3) is 11.0 Å². The molecule has 0 aliphatic carbocycles. The molecule has 2 rings (SSSR count). The first-order valence-electron chi connectivity index (χ1n) is 2.95. The fourth-order valence-corrected chi connectivity index (χ4v) is 1.08. The number of H-pyrrole nitrogens is 1. The molecule has 11 heavy (non-hydrogen) atoms. The Labute approximate surface area is 70.2 Å². The van der Waals surface area contributed by atoms with Crippen molar-refractivity contribution in [3.8, 4) is 0 Å². The molecule has 0 spiro atoms. The molecule has 0 aliphatic rings. The van der Waals surface area contributed by atoms with E-state index in [9.17, 15) is 0 Å². The first-order valence-corrected chi connectivity index (χ1v) is 3.33. The van der Waals surface area contributed by atoms with Gasteiger partial charge in [0.2, 0.25) is 0 Å². The highest BCUT2D eigenvalue weighted by atomic mass is 35.5. The highest BCUT2D eigenvalue weighted by molar-refractivity contribution is 6.31. The van der Waals surface area contributed by atoms with E-state index in [1.807, 2.05) is 18.2 Å². The third-order valence-electron chi connectivity index (χ3n) is 1.38. The Kier molecular flexibility index (Phi) is 2.15. The molecule has 3 heteroatoms. The van der Waals surface area contributed by atoms with Gasteiger partial charge in [-0.2, -0.15) is 0 Å². The van der Waals surface area contributed by atoms with Gasteiger partial charge in [-0.1, -0.05) is 19.0 Å². The quantitative estimate of drug-likeness (QED) is 0.644. The van der Waals surface area contributed by atoms with Crippen LogP contribution in [0, 0.1) is 0 Å². The number of hydrogen-bond acceptors (Lipinski definition) is 1. The topological polar surface area (TPSA) is 28.7 Å². The number of benzene rings is 1.